The molecular formula is C22H29N3O2. The molecule has 1 saturated carbocycles. The van der Waals surface area contributed by atoms with Crippen molar-refractivity contribution in [3.05, 3.63) is 41.1 Å². The van der Waals surface area contributed by atoms with Gasteiger partial charge in [0.2, 0.25) is 0 Å². The lowest BCUT2D eigenvalue weighted by atomic mass is 9.91. The summed E-state index contributed by atoms with van der Waals surface area (Å²) in [7, 11) is 0. The summed E-state index contributed by atoms with van der Waals surface area (Å²) in [6.45, 7) is 7.66. The molecule has 2 atom stereocenters. The summed E-state index contributed by atoms with van der Waals surface area (Å²) in [6.07, 6.45) is 5.20. The Bertz CT molecular complexity index is 847. The van der Waals surface area contributed by atoms with Crippen molar-refractivity contribution < 1.29 is 9.90 Å². The van der Waals surface area contributed by atoms with E-state index in [1.165, 1.54) is 5.56 Å². The van der Waals surface area contributed by atoms with Crippen LogP contribution in [0.4, 0.5) is 0 Å². The van der Waals surface area contributed by atoms with Crippen molar-refractivity contribution in [1.29, 1.82) is 0 Å². The number of aromatic nitrogens is 1. The number of aliphatic hydroxyl groups excluding tert-OH is 1. The normalized spacial score (nSPS) is 22.7. The van der Waals surface area contributed by atoms with Gasteiger partial charge in [-0.2, -0.15) is 0 Å². The van der Waals surface area contributed by atoms with E-state index in [0.29, 0.717) is 6.54 Å². The van der Waals surface area contributed by atoms with Crippen molar-refractivity contribution in [2.75, 3.05) is 13.1 Å². The van der Waals surface area contributed by atoms with Gasteiger partial charge in [-0.15, -0.1) is 0 Å². The third-order valence-electron chi connectivity index (χ3n) is 6.29. The topological polar surface area (TPSA) is 56.7 Å². The van der Waals surface area contributed by atoms with Gasteiger partial charge in [-0.25, -0.2) is 0 Å². The Morgan fingerprint density at radius 3 is 2.78 bits per heavy atom. The number of aliphatic hydroxyl groups is 1. The van der Waals surface area contributed by atoms with Crippen LogP contribution in [0.15, 0.2) is 24.4 Å². The van der Waals surface area contributed by atoms with Crippen LogP contribution in [0.5, 0.6) is 0 Å². The largest absolute Gasteiger partial charge is 0.391 e. The van der Waals surface area contributed by atoms with Gasteiger partial charge in [-0.3, -0.25) is 14.7 Å². The Labute approximate surface area is 161 Å². The van der Waals surface area contributed by atoms with Crippen molar-refractivity contribution in [2.45, 2.75) is 64.8 Å². The fraction of sp³-hybridized carbons (Fsp3) is 0.545. The smallest absolute Gasteiger partial charge is 0.254 e. The quantitative estimate of drug-likeness (QED) is 0.881. The molecule has 0 saturated heterocycles. The molecule has 2 aliphatic rings. The average molecular weight is 367 g/mol. The summed E-state index contributed by atoms with van der Waals surface area (Å²) in [5.41, 5.74) is 3.91. The van der Waals surface area contributed by atoms with E-state index in [0.717, 1.165) is 67.3 Å². The predicted octanol–water partition coefficient (Wildman–Crippen LogP) is 3.34. The van der Waals surface area contributed by atoms with Crippen LogP contribution >= 0.6 is 0 Å². The van der Waals surface area contributed by atoms with Gasteiger partial charge in [0.15, 0.2) is 0 Å². The van der Waals surface area contributed by atoms with Crippen molar-refractivity contribution in [1.82, 2.24) is 14.8 Å². The van der Waals surface area contributed by atoms with Gasteiger partial charge in [-0.05, 0) is 43.6 Å². The maximum atomic E-state index is 13.2. The highest BCUT2D eigenvalue weighted by atomic mass is 16.3. The minimum absolute atomic E-state index is 0.0595. The monoisotopic (exact) mass is 367 g/mol. The maximum Gasteiger partial charge on any atom is 0.254 e. The summed E-state index contributed by atoms with van der Waals surface area (Å²) in [6, 6.07) is 6.10. The lowest BCUT2D eigenvalue weighted by Crippen LogP contribution is -2.45. The second-order valence-corrected chi connectivity index (χ2v) is 7.77. The summed E-state index contributed by atoms with van der Waals surface area (Å²) < 4.78 is 0. The van der Waals surface area contributed by atoms with Crippen LogP contribution < -0.4 is 0 Å². The summed E-state index contributed by atoms with van der Waals surface area (Å²) >= 11 is 0. The number of carbonyl (C=O) groups is 1. The first-order valence-corrected chi connectivity index (χ1v) is 10.2. The number of amides is 1. The first-order chi connectivity index (χ1) is 13.1. The Kier molecular flexibility index (Phi) is 5.15. The van der Waals surface area contributed by atoms with E-state index in [1.54, 1.807) is 0 Å². The van der Waals surface area contributed by atoms with Crippen molar-refractivity contribution in [2.24, 2.45) is 0 Å². The zero-order chi connectivity index (χ0) is 19.0. The molecule has 1 aromatic carbocycles. The minimum atomic E-state index is -0.411. The number of hydrogen-bond acceptors (Lipinski definition) is 4. The minimum Gasteiger partial charge on any atom is -0.391 e. The second kappa shape index (κ2) is 7.56. The molecule has 1 N–H and O–H groups in total. The van der Waals surface area contributed by atoms with Crippen molar-refractivity contribution in [3.8, 4) is 0 Å². The third-order valence-corrected chi connectivity index (χ3v) is 6.29. The molecule has 2 unspecified atom stereocenters. The second-order valence-electron chi connectivity index (χ2n) is 7.77. The Morgan fingerprint density at radius 2 is 2.04 bits per heavy atom. The molecule has 0 bridgehead atoms. The number of fused-ring (bicyclic) bond motifs is 3. The Hall–Kier alpha value is -1.98. The number of nitrogens with zero attached hydrogens (tertiary/aromatic N) is 3. The molecule has 2 heterocycles. The number of carbonyl (C=O) groups excluding carboxylic acids is 1. The zero-order valence-corrected chi connectivity index (χ0v) is 16.3. The first kappa shape index (κ1) is 18.4. The van der Waals surface area contributed by atoms with E-state index in [-0.39, 0.29) is 11.9 Å². The molecule has 1 aliphatic carbocycles. The summed E-state index contributed by atoms with van der Waals surface area (Å²) in [5.74, 6) is 0.0595. The molecular weight excluding hydrogens is 338 g/mol. The van der Waals surface area contributed by atoms with E-state index in [4.69, 9.17) is 0 Å². The van der Waals surface area contributed by atoms with Crippen LogP contribution in [0.1, 0.15) is 61.0 Å². The average Bonchev–Trinajstić information content (AvgIpc) is 3.03. The van der Waals surface area contributed by atoms with E-state index >= 15 is 0 Å². The standard InChI is InChI=1S/C22H29N3O2/c1-3-24(4-2)13-15-12-17-18(21-16(15)8-7-11-23-21)14-25(22(17)27)19-9-5-6-10-20(19)26/h7-8,11-12,19-20,26H,3-6,9-10,13-14H2,1-2H3. The molecule has 144 valence electrons. The Balaban J connectivity index is 1.75. The molecule has 1 amide bonds. The van der Waals surface area contributed by atoms with Crippen molar-refractivity contribution >= 4 is 16.8 Å². The summed E-state index contributed by atoms with van der Waals surface area (Å²) in [5, 5.41) is 11.6. The molecule has 0 spiro atoms. The molecule has 0 radical (unpaired) electrons. The Morgan fingerprint density at radius 1 is 1.26 bits per heavy atom. The van der Waals surface area contributed by atoms with E-state index in [9.17, 15) is 9.90 Å². The van der Waals surface area contributed by atoms with Crippen molar-refractivity contribution in [3.63, 3.8) is 0 Å². The number of rotatable bonds is 5. The van der Waals surface area contributed by atoms with Crippen LogP contribution in [0, 0.1) is 0 Å². The third kappa shape index (κ3) is 3.23. The van der Waals surface area contributed by atoms with Gasteiger partial charge in [0.25, 0.3) is 5.91 Å². The van der Waals surface area contributed by atoms with Crippen LogP contribution in [0.3, 0.4) is 0 Å². The number of benzene rings is 1. The van der Waals surface area contributed by atoms with E-state index in [2.05, 4.69) is 35.9 Å². The van der Waals surface area contributed by atoms with Gasteiger partial charge in [0, 0.05) is 35.8 Å². The van der Waals surface area contributed by atoms with E-state index < -0.39 is 6.10 Å². The lowest BCUT2D eigenvalue weighted by Gasteiger charge is -2.35. The van der Waals surface area contributed by atoms with Crippen LogP contribution in [0.2, 0.25) is 0 Å². The molecule has 4 rings (SSSR count). The molecule has 2 aromatic rings. The highest BCUT2D eigenvalue weighted by Crippen LogP contribution is 2.36. The molecule has 5 nitrogen and oxygen atoms in total. The molecule has 27 heavy (non-hydrogen) atoms. The van der Waals surface area contributed by atoms with Gasteiger partial charge >= 0.3 is 0 Å². The molecule has 1 aromatic heterocycles. The molecule has 1 fully saturated rings. The van der Waals surface area contributed by atoms with Gasteiger partial charge < -0.3 is 10.0 Å². The number of hydrogen-bond donors (Lipinski definition) is 1. The molecule has 1 aliphatic heterocycles. The fourth-order valence-electron chi connectivity index (χ4n) is 4.66. The lowest BCUT2D eigenvalue weighted by molar-refractivity contribution is 0.0192. The predicted molar refractivity (Wildman–Crippen MR) is 107 cm³/mol. The molecule has 5 heteroatoms. The van der Waals surface area contributed by atoms with Crippen LogP contribution in [0.25, 0.3) is 10.9 Å². The zero-order valence-electron chi connectivity index (χ0n) is 16.3. The maximum absolute atomic E-state index is 13.2. The van der Waals surface area contributed by atoms with Gasteiger partial charge in [-0.1, -0.05) is 32.8 Å². The van der Waals surface area contributed by atoms with Crippen LogP contribution in [-0.2, 0) is 13.1 Å². The summed E-state index contributed by atoms with van der Waals surface area (Å²) in [4.78, 5) is 22.1. The highest BCUT2D eigenvalue weighted by Gasteiger charge is 2.38. The van der Waals surface area contributed by atoms with Crippen LogP contribution in [-0.4, -0.2) is 51.0 Å². The first-order valence-electron chi connectivity index (χ1n) is 10.2. The number of pyridine rings is 1. The van der Waals surface area contributed by atoms with Gasteiger partial charge in [0.1, 0.15) is 0 Å². The SMILES string of the molecule is CCN(CC)Cc1cc2c(c3ncccc13)CN(C1CCCCC1O)C2=O. The highest BCUT2D eigenvalue weighted by molar-refractivity contribution is 6.04. The van der Waals surface area contributed by atoms with E-state index in [1.807, 2.05) is 17.2 Å². The fourth-order valence-corrected chi connectivity index (χ4v) is 4.66. The van der Waals surface area contributed by atoms with Gasteiger partial charge in [0.05, 0.1) is 17.7 Å².